The number of para-hydroxylation sites is 2. The normalized spacial score (nSPS) is 10.4. The van der Waals surface area contributed by atoms with Gasteiger partial charge in [0.05, 0.1) is 13.7 Å². The summed E-state index contributed by atoms with van der Waals surface area (Å²) in [5, 5.41) is 6.69. The predicted molar refractivity (Wildman–Crippen MR) is 97.5 cm³/mol. The van der Waals surface area contributed by atoms with Crippen LogP contribution in [0.4, 0.5) is 0 Å². The molecule has 0 spiro atoms. The summed E-state index contributed by atoms with van der Waals surface area (Å²) in [5.74, 6) is 1.11. The monoisotopic (exact) mass is 352 g/mol. The van der Waals surface area contributed by atoms with Crippen LogP contribution in [0.25, 0.3) is 11.3 Å². The second-order valence-corrected chi connectivity index (χ2v) is 5.70. The van der Waals surface area contributed by atoms with Gasteiger partial charge in [-0.05, 0) is 19.1 Å². The summed E-state index contributed by atoms with van der Waals surface area (Å²) in [6, 6.07) is 16.8. The van der Waals surface area contributed by atoms with Crippen molar-refractivity contribution >= 4 is 5.91 Å². The lowest BCUT2D eigenvalue weighted by Gasteiger charge is -2.10. The molecule has 6 nitrogen and oxygen atoms in total. The first-order valence-corrected chi connectivity index (χ1v) is 8.25. The number of hydrogen-bond acceptors (Lipinski definition) is 5. The van der Waals surface area contributed by atoms with Gasteiger partial charge in [0, 0.05) is 11.6 Å². The number of aromatic nitrogens is 1. The maximum absolute atomic E-state index is 12.2. The number of rotatable bonds is 7. The third kappa shape index (κ3) is 4.22. The minimum atomic E-state index is -0.334. The highest BCUT2D eigenvalue weighted by Crippen LogP contribution is 2.25. The number of aryl methyl sites for hydroxylation is 1. The van der Waals surface area contributed by atoms with Gasteiger partial charge in [-0.3, -0.25) is 4.79 Å². The van der Waals surface area contributed by atoms with Crippen LogP contribution in [0, 0.1) is 6.92 Å². The van der Waals surface area contributed by atoms with E-state index < -0.39 is 0 Å². The fraction of sp³-hybridized carbons (Fsp3) is 0.200. The van der Waals surface area contributed by atoms with Crippen molar-refractivity contribution in [3.63, 3.8) is 0 Å². The number of ether oxygens (including phenoxy) is 2. The van der Waals surface area contributed by atoms with Gasteiger partial charge in [-0.1, -0.05) is 47.1 Å². The molecule has 1 aromatic heterocycles. The summed E-state index contributed by atoms with van der Waals surface area (Å²) in [6.07, 6.45) is 0. The van der Waals surface area contributed by atoms with Crippen molar-refractivity contribution < 1.29 is 18.8 Å². The summed E-state index contributed by atoms with van der Waals surface area (Å²) in [7, 11) is 1.58. The van der Waals surface area contributed by atoms with E-state index >= 15 is 0 Å². The molecule has 1 amide bonds. The quantitative estimate of drug-likeness (QED) is 0.659. The van der Waals surface area contributed by atoms with Crippen LogP contribution >= 0.6 is 0 Å². The van der Waals surface area contributed by atoms with Gasteiger partial charge in [0.15, 0.2) is 11.5 Å². The lowest BCUT2D eigenvalue weighted by Crippen LogP contribution is -2.27. The van der Waals surface area contributed by atoms with Gasteiger partial charge in [-0.2, -0.15) is 0 Å². The van der Waals surface area contributed by atoms with Gasteiger partial charge in [0.1, 0.15) is 12.3 Å². The fourth-order valence-electron chi connectivity index (χ4n) is 2.39. The smallest absolute Gasteiger partial charge is 0.290 e. The first-order chi connectivity index (χ1) is 12.7. The molecule has 0 saturated heterocycles. The van der Waals surface area contributed by atoms with Crippen molar-refractivity contribution in [3.8, 4) is 22.8 Å². The molecule has 0 saturated carbocycles. The number of carbonyl (C=O) groups excluding carboxylic acids is 1. The Labute approximate surface area is 151 Å². The number of carbonyl (C=O) groups is 1. The second-order valence-electron chi connectivity index (χ2n) is 5.70. The average Bonchev–Trinajstić information content (AvgIpc) is 3.16. The summed E-state index contributed by atoms with van der Waals surface area (Å²) in [4.78, 5) is 12.2. The molecule has 0 radical (unpaired) electrons. The summed E-state index contributed by atoms with van der Waals surface area (Å²) < 4.78 is 16.0. The third-order valence-electron chi connectivity index (χ3n) is 3.80. The topological polar surface area (TPSA) is 73.6 Å². The van der Waals surface area contributed by atoms with Crippen LogP contribution in [0.3, 0.4) is 0 Å². The Morgan fingerprint density at radius 1 is 1.12 bits per heavy atom. The lowest BCUT2D eigenvalue weighted by molar-refractivity contribution is 0.0910. The molecule has 0 atom stereocenters. The van der Waals surface area contributed by atoms with Gasteiger partial charge in [-0.25, -0.2) is 0 Å². The van der Waals surface area contributed by atoms with Crippen molar-refractivity contribution in [2.24, 2.45) is 0 Å². The highest BCUT2D eigenvalue weighted by Gasteiger charge is 2.13. The number of nitrogens with zero attached hydrogens (tertiary/aromatic N) is 1. The van der Waals surface area contributed by atoms with Gasteiger partial charge in [-0.15, -0.1) is 0 Å². The van der Waals surface area contributed by atoms with E-state index in [9.17, 15) is 4.79 Å². The van der Waals surface area contributed by atoms with Crippen molar-refractivity contribution in [3.05, 3.63) is 65.9 Å². The molecule has 0 unspecified atom stereocenters. The van der Waals surface area contributed by atoms with E-state index in [1.165, 1.54) is 0 Å². The molecule has 0 aliphatic rings. The molecular weight excluding hydrogens is 332 g/mol. The minimum absolute atomic E-state index is 0.165. The summed E-state index contributed by atoms with van der Waals surface area (Å²) in [5.41, 5.74) is 2.68. The maximum atomic E-state index is 12.2. The van der Waals surface area contributed by atoms with Gasteiger partial charge in [0.2, 0.25) is 5.76 Å². The first-order valence-electron chi connectivity index (χ1n) is 8.25. The lowest BCUT2D eigenvalue weighted by atomic mass is 10.1. The first kappa shape index (κ1) is 17.5. The van der Waals surface area contributed by atoms with E-state index in [4.69, 9.17) is 14.0 Å². The number of nitrogens with one attached hydrogen (secondary N) is 1. The number of methoxy groups -OCH3 is 1. The van der Waals surface area contributed by atoms with Crippen LogP contribution in [-0.2, 0) is 0 Å². The van der Waals surface area contributed by atoms with Crippen LogP contribution in [0.15, 0.2) is 59.1 Å². The fourth-order valence-corrected chi connectivity index (χ4v) is 2.39. The molecule has 0 bridgehead atoms. The molecule has 0 aliphatic heterocycles. The third-order valence-corrected chi connectivity index (χ3v) is 3.80. The second kappa shape index (κ2) is 8.20. The Balaban J connectivity index is 1.52. The Kier molecular flexibility index (Phi) is 5.53. The molecule has 1 heterocycles. The van der Waals surface area contributed by atoms with Crippen molar-refractivity contribution in [1.29, 1.82) is 0 Å². The number of hydrogen-bond donors (Lipinski definition) is 1. The Hall–Kier alpha value is -3.28. The molecule has 3 rings (SSSR count). The van der Waals surface area contributed by atoms with Crippen LogP contribution in [0.1, 0.15) is 16.1 Å². The van der Waals surface area contributed by atoms with Gasteiger partial charge >= 0.3 is 0 Å². The van der Waals surface area contributed by atoms with Crippen LogP contribution in [0.5, 0.6) is 11.5 Å². The Bertz CT molecular complexity index is 872. The zero-order valence-electron chi connectivity index (χ0n) is 14.7. The van der Waals surface area contributed by atoms with Crippen molar-refractivity contribution in [1.82, 2.24) is 10.5 Å². The molecule has 2 aromatic carbocycles. The molecule has 0 aliphatic carbocycles. The van der Waals surface area contributed by atoms with Gasteiger partial charge < -0.3 is 19.3 Å². The molecule has 0 fully saturated rings. The zero-order valence-corrected chi connectivity index (χ0v) is 14.7. The Morgan fingerprint density at radius 2 is 1.85 bits per heavy atom. The standard InChI is InChI=1S/C20H20N2O4/c1-14-7-9-15(10-8-14)16-13-19(26-22-16)20(23)21-11-12-25-18-6-4-3-5-17(18)24-2/h3-10,13H,11-12H2,1-2H3,(H,21,23). The largest absolute Gasteiger partial charge is 0.493 e. The van der Waals surface area contributed by atoms with Crippen LogP contribution in [-0.4, -0.2) is 31.3 Å². The molecular formula is C20H20N2O4. The molecule has 6 heteroatoms. The van der Waals surface area contributed by atoms with Crippen molar-refractivity contribution in [2.75, 3.05) is 20.3 Å². The highest BCUT2D eigenvalue weighted by molar-refractivity contribution is 5.92. The van der Waals surface area contributed by atoms with E-state index in [-0.39, 0.29) is 11.7 Å². The SMILES string of the molecule is COc1ccccc1OCCNC(=O)c1cc(-c2ccc(C)cc2)no1. The predicted octanol–water partition coefficient (Wildman–Crippen LogP) is 3.47. The number of amides is 1. The molecule has 3 aromatic rings. The van der Waals surface area contributed by atoms with Gasteiger partial charge in [0.25, 0.3) is 5.91 Å². The highest BCUT2D eigenvalue weighted by atomic mass is 16.5. The maximum Gasteiger partial charge on any atom is 0.290 e. The van der Waals surface area contributed by atoms with E-state index in [0.717, 1.165) is 11.1 Å². The van der Waals surface area contributed by atoms with E-state index in [1.807, 2.05) is 55.5 Å². The number of benzene rings is 2. The van der Waals surface area contributed by atoms with E-state index in [2.05, 4.69) is 10.5 Å². The zero-order chi connectivity index (χ0) is 18.4. The van der Waals surface area contributed by atoms with Crippen molar-refractivity contribution in [2.45, 2.75) is 6.92 Å². The van der Waals surface area contributed by atoms with E-state index in [1.54, 1.807) is 13.2 Å². The minimum Gasteiger partial charge on any atom is -0.493 e. The van der Waals surface area contributed by atoms with Crippen LogP contribution < -0.4 is 14.8 Å². The molecule has 134 valence electrons. The molecule has 26 heavy (non-hydrogen) atoms. The summed E-state index contributed by atoms with van der Waals surface area (Å²) in [6.45, 7) is 2.65. The summed E-state index contributed by atoms with van der Waals surface area (Å²) >= 11 is 0. The van der Waals surface area contributed by atoms with E-state index in [0.29, 0.717) is 30.3 Å². The average molecular weight is 352 g/mol. The van der Waals surface area contributed by atoms with Crippen LogP contribution in [0.2, 0.25) is 0 Å². The Morgan fingerprint density at radius 3 is 2.58 bits per heavy atom. The molecule has 1 N–H and O–H groups in total.